The Kier molecular flexibility index (Phi) is 7.67. The summed E-state index contributed by atoms with van der Waals surface area (Å²) in [5, 5.41) is 7.45. The molecule has 35 heavy (non-hydrogen) atoms. The third-order valence-electron chi connectivity index (χ3n) is 7.61. The highest BCUT2D eigenvalue weighted by Gasteiger charge is 2.27. The van der Waals surface area contributed by atoms with E-state index in [0.717, 1.165) is 83.7 Å². The summed E-state index contributed by atoms with van der Waals surface area (Å²) in [6.07, 6.45) is 6.61. The Morgan fingerprint density at radius 2 is 1.80 bits per heavy atom. The molecule has 8 nitrogen and oxygen atoms in total. The van der Waals surface area contributed by atoms with Gasteiger partial charge in [0, 0.05) is 51.1 Å². The number of piperazine rings is 1. The number of hydrogen-bond acceptors (Lipinski definition) is 7. The van der Waals surface area contributed by atoms with Crippen LogP contribution in [0.25, 0.3) is 11.0 Å². The van der Waals surface area contributed by atoms with Crippen molar-refractivity contribution in [1.82, 2.24) is 15.4 Å². The van der Waals surface area contributed by atoms with E-state index < -0.39 is 11.6 Å². The molecule has 5 rings (SSSR count). The Morgan fingerprint density at radius 1 is 1.06 bits per heavy atom. The van der Waals surface area contributed by atoms with Gasteiger partial charge in [-0.15, -0.1) is 0 Å². The summed E-state index contributed by atoms with van der Waals surface area (Å²) < 4.78 is 43.6. The van der Waals surface area contributed by atoms with Crippen molar-refractivity contribution in [1.29, 1.82) is 0 Å². The number of alkyl carbamates (subject to hydrolysis) is 1. The van der Waals surface area contributed by atoms with E-state index in [4.69, 9.17) is 14.0 Å². The van der Waals surface area contributed by atoms with E-state index in [1.165, 1.54) is 6.07 Å². The topological polar surface area (TPSA) is 80.1 Å². The predicted molar refractivity (Wildman–Crippen MR) is 126 cm³/mol. The zero-order chi connectivity index (χ0) is 24.2. The lowest BCUT2D eigenvalue weighted by atomic mass is 9.84. The van der Waals surface area contributed by atoms with Crippen LogP contribution < -0.4 is 10.2 Å². The average molecular weight is 493 g/mol. The molecule has 1 aromatic heterocycles. The number of amides is 1. The van der Waals surface area contributed by atoms with Crippen LogP contribution in [0.4, 0.5) is 19.4 Å². The van der Waals surface area contributed by atoms with Crippen molar-refractivity contribution in [2.24, 2.45) is 5.92 Å². The highest BCUT2D eigenvalue weighted by molar-refractivity contribution is 5.89. The number of hydrogen-bond donors (Lipinski definition) is 1. The maximum atomic E-state index is 13.9. The van der Waals surface area contributed by atoms with E-state index in [0.29, 0.717) is 30.3 Å². The number of fused-ring (bicyclic) bond motifs is 1. The molecule has 0 spiro atoms. The molecule has 1 amide bonds. The molecule has 1 aliphatic carbocycles. The summed E-state index contributed by atoms with van der Waals surface area (Å²) in [7, 11) is 0. The van der Waals surface area contributed by atoms with Crippen molar-refractivity contribution in [2.45, 2.75) is 57.1 Å². The lowest BCUT2D eigenvalue weighted by molar-refractivity contribution is 0.000272. The number of carbonyl (C=O) groups excluding carboxylic acids is 1. The first-order valence-corrected chi connectivity index (χ1v) is 12.8. The number of anilines is 1. The van der Waals surface area contributed by atoms with Crippen LogP contribution in [0.3, 0.4) is 0 Å². The van der Waals surface area contributed by atoms with Gasteiger partial charge < -0.3 is 24.2 Å². The van der Waals surface area contributed by atoms with E-state index in [1.807, 2.05) is 4.90 Å². The fourth-order valence-corrected chi connectivity index (χ4v) is 5.48. The van der Waals surface area contributed by atoms with Gasteiger partial charge in [0.15, 0.2) is 11.6 Å². The van der Waals surface area contributed by atoms with Crippen molar-refractivity contribution in [3.63, 3.8) is 0 Å². The summed E-state index contributed by atoms with van der Waals surface area (Å²) in [5.74, 6) is -0.167. The minimum Gasteiger partial charge on any atom is -0.446 e. The molecule has 2 aliphatic heterocycles. The van der Waals surface area contributed by atoms with E-state index in [1.54, 1.807) is 0 Å². The molecule has 1 saturated carbocycles. The number of benzene rings is 1. The summed E-state index contributed by atoms with van der Waals surface area (Å²) in [4.78, 5) is 16.7. The largest absolute Gasteiger partial charge is 0.446 e. The quantitative estimate of drug-likeness (QED) is 0.651. The first-order chi connectivity index (χ1) is 17.0. The smallest absolute Gasteiger partial charge is 0.407 e. The molecular formula is C25H34F2N4O4. The molecular weight excluding hydrogens is 458 g/mol. The minimum absolute atomic E-state index is 0.00534. The standard InChI is InChI=1S/C25H34F2N4O4/c26-18-15-21-23(22(27)16-18)35-29-24(21)31-11-9-30(10-12-31)8-5-17-1-3-19(4-2-17)28-25(32)34-20-6-13-33-14-7-20/h15-17,19-20H,1-14H2,(H,28,32)/t17-,19-. The normalized spacial score (nSPS) is 24.6. The zero-order valence-corrected chi connectivity index (χ0v) is 20.0. The SMILES string of the molecule is O=C(N[C@H]1CC[C@H](CCN2CCN(c3noc4c(F)cc(F)cc34)CC2)CC1)OC1CCOCC1. The van der Waals surface area contributed by atoms with Crippen LogP contribution in [0, 0.1) is 17.6 Å². The molecule has 1 aromatic carbocycles. The van der Waals surface area contributed by atoms with Gasteiger partial charge in [0.05, 0.1) is 18.6 Å². The Morgan fingerprint density at radius 3 is 2.54 bits per heavy atom. The van der Waals surface area contributed by atoms with Gasteiger partial charge in [-0.05, 0) is 50.6 Å². The molecule has 3 aliphatic rings. The molecule has 2 saturated heterocycles. The van der Waals surface area contributed by atoms with Gasteiger partial charge in [0.2, 0.25) is 5.58 Å². The van der Waals surface area contributed by atoms with Crippen molar-refractivity contribution in [3.8, 4) is 0 Å². The molecule has 0 unspecified atom stereocenters. The zero-order valence-electron chi connectivity index (χ0n) is 20.0. The minimum atomic E-state index is -0.724. The second-order valence-corrected chi connectivity index (χ2v) is 9.97. The van der Waals surface area contributed by atoms with Gasteiger partial charge in [-0.3, -0.25) is 4.90 Å². The Bertz CT molecular complexity index is 997. The number of carbonyl (C=O) groups is 1. The van der Waals surface area contributed by atoms with Crippen LogP contribution in [-0.4, -0.2) is 74.2 Å². The van der Waals surface area contributed by atoms with E-state index in [9.17, 15) is 13.6 Å². The molecule has 0 bridgehead atoms. The Balaban J connectivity index is 1.01. The van der Waals surface area contributed by atoms with Crippen molar-refractivity contribution in [2.75, 3.05) is 50.8 Å². The fraction of sp³-hybridized carbons (Fsp3) is 0.680. The van der Waals surface area contributed by atoms with Crippen LogP contribution >= 0.6 is 0 Å². The predicted octanol–water partition coefficient (Wildman–Crippen LogP) is 4.08. The van der Waals surface area contributed by atoms with Gasteiger partial charge >= 0.3 is 6.09 Å². The van der Waals surface area contributed by atoms with Crippen molar-refractivity contribution >= 4 is 22.9 Å². The number of nitrogens with zero attached hydrogens (tertiary/aromatic N) is 3. The Hall–Kier alpha value is -2.46. The van der Waals surface area contributed by atoms with Gasteiger partial charge in [0.25, 0.3) is 0 Å². The van der Waals surface area contributed by atoms with Gasteiger partial charge in [0.1, 0.15) is 11.9 Å². The Labute approximate surface area is 203 Å². The first-order valence-electron chi connectivity index (χ1n) is 12.8. The summed E-state index contributed by atoms with van der Waals surface area (Å²) in [6.45, 7) is 5.59. The third kappa shape index (κ3) is 6.03. The highest BCUT2D eigenvalue weighted by atomic mass is 19.1. The number of aromatic nitrogens is 1. The molecule has 192 valence electrons. The highest BCUT2D eigenvalue weighted by Crippen LogP contribution is 2.30. The molecule has 0 atom stereocenters. The van der Waals surface area contributed by atoms with Crippen LogP contribution in [0.5, 0.6) is 0 Å². The number of rotatable bonds is 6. The van der Waals surface area contributed by atoms with E-state index >= 15 is 0 Å². The second-order valence-electron chi connectivity index (χ2n) is 9.97. The molecule has 3 fully saturated rings. The average Bonchev–Trinajstić information content (AvgIpc) is 3.29. The lowest BCUT2D eigenvalue weighted by Crippen LogP contribution is -2.47. The number of halogens is 2. The summed E-state index contributed by atoms with van der Waals surface area (Å²) in [6, 6.07) is 2.30. The van der Waals surface area contributed by atoms with Crippen molar-refractivity contribution < 1.29 is 27.6 Å². The van der Waals surface area contributed by atoms with Gasteiger partial charge in [-0.1, -0.05) is 5.16 Å². The third-order valence-corrected chi connectivity index (χ3v) is 7.61. The lowest BCUT2D eigenvalue weighted by Gasteiger charge is -2.36. The number of ether oxygens (including phenoxy) is 2. The van der Waals surface area contributed by atoms with E-state index in [-0.39, 0.29) is 23.8 Å². The molecule has 0 radical (unpaired) electrons. The molecule has 10 heteroatoms. The maximum Gasteiger partial charge on any atom is 0.407 e. The van der Waals surface area contributed by atoms with Gasteiger partial charge in [-0.2, -0.15) is 0 Å². The van der Waals surface area contributed by atoms with Crippen LogP contribution in [0.1, 0.15) is 44.9 Å². The molecule has 1 N–H and O–H groups in total. The fourth-order valence-electron chi connectivity index (χ4n) is 5.48. The van der Waals surface area contributed by atoms with Crippen LogP contribution in [-0.2, 0) is 9.47 Å². The van der Waals surface area contributed by atoms with Crippen molar-refractivity contribution in [3.05, 3.63) is 23.8 Å². The molecule has 2 aromatic rings. The van der Waals surface area contributed by atoms with E-state index in [2.05, 4.69) is 15.4 Å². The maximum absolute atomic E-state index is 13.9. The van der Waals surface area contributed by atoms with Crippen LogP contribution in [0.2, 0.25) is 0 Å². The monoisotopic (exact) mass is 492 g/mol. The molecule has 3 heterocycles. The number of nitrogens with one attached hydrogen (secondary N) is 1. The second kappa shape index (κ2) is 11.1. The summed E-state index contributed by atoms with van der Waals surface area (Å²) in [5.41, 5.74) is 0.00534. The van der Waals surface area contributed by atoms with Gasteiger partial charge in [-0.25, -0.2) is 13.6 Å². The summed E-state index contributed by atoms with van der Waals surface area (Å²) >= 11 is 0. The van der Waals surface area contributed by atoms with Crippen LogP contribution in [0.15, 0.2) is 16.7 Å². The first kappa shape index (κ1) is 24.2.